The first-order valence-electron chi connectivity index (χ1n) is 8.51. The molecule has 25 heavy (non-hydrogen) atoms. The van der Waals surface area contributed by atoms with Crippen LogP contribution in [0.1, 0.15) is 25.7 Å². The lowest BCUT2D eigenvalue weighted by Crippen LogP contribution is -2.44. The number of rotatable bonds is 12. The van der Waals surface area contributed by atoms with E-state index in [1.165, 1.54) is 0 Å². The van der Waals surface area contributed by atoms with E-state index in [2.05, 4.69) is 9.98 Å². The van der Waals surface area contributed by atoms with Crippen molar-refractivity contribution in [3.63, 3.8) is 0 Å². The molecule has 1 rings (SSSR count). The SMILES string of the molecule is COC1CC[C@H](OCCCN=C(N)N)[C@@H](COCCCN=C(N)N)O1. The van der Waals surface area contributed by atoms with Crippen LogP contribution in [0.15, 0.2) is 9.98 Å². The number of guanidine groups is 2. The summed E-state index contributed by atoms with van der Waals surface area (Å²) in [6, 6.07) is 0. The average Bonchev–Trinajstić information content (AvgIpc) is 2.57. The van der Waals surface area contributed by atoms with Crippen LogP contribution in [0.2, 0.25) is 0 Å². The molecule has 0 bridgehead atoms. The predicted molar refractivity (Wildman–Crippen MR) is 96.1 cm³/mol. The highest BCUT2D eigenvalue weighted by Crippen LogP contribution is 2.23. The Hall–Kier alpha value is -1.62. The number of aliphatic imine (C=N–C) groups is 2. The van der Waals surface area contributed by atoms with Crippen molar-refractivity contribution in [3.8, 4) is 0 Å². The average molecular weight is 360 g/mol. The zero-order valence-electron chi connectivity index (χ0n) is 14.9. The molecule has 0 aromatic heterocycles. The second-order valence-electron chi connectivity index (χ2n) is 5.72. The first-order valence-corrected chi connectivity index (χ1v) is 8.51. The van der Waals surface area contributed by atoms with E-state index in [0.717, 1.165) is 25.7 Å². The number of nitrogens with zero attached hydrogens (tertiary/aromatic N) is 2. The molecule has 1 aliphatic heterocycles. The molecule has 8 N–H and O–H groups in total. The molecule has 1 unspecified atom stereocenters. The summed E-state index contributed by atoms with van der Waals surface area (Å²) in [6.07, 6.45) is 2.68. The number of nitrogens with two attached hydrogens (primary N) is 4. The molecule has 1 aliphatic rings. The first kappa shape index (κ1) is 21.4. The Labute approximate surface area is 148 Å². The lowest BCUT2D eigenvalue weighted by molar-refractivity contribution is -0.232. The molecule has 0 amide bonds. The number of methoxy groups -OCH3 is 1. The van der Waals surface area contributed by atoms with Gasteiger partial charge in [-0.05, 0) is 19.3 Å². The van der Waals surface area contributed by atoms with Crippen LogP contribution in [0, 0.1) is 0 Å². The highest BCUT2D eigenvalue weighted by atomic mass is 16.7. The number of ether oxygens (including phenoxy) is 4. The van der Waals surface area contributed by atoms with E-state index in [-0.39, 0.29) is 30.4 Å². The first-order chi connectivity index (χ1) is 12.0. The van der Waals surface area contributed by atoms with Crippen molar-refractivity contribution in [1.29, 1.82) is 0 Å². The van der Waals surface area contributed by atoms with Crippen molar-refractivity contribution in [2.75, 3.05) is 40.0 Å². The van der Waals surface area contributed by atoms with Crippen LogP contribution in [-0.4, -0.2) is 70.4 Å². The van der Waals surface area contributed by atoms with Gasteiger partial charge in [0.2, 0.25) is 0 Å². The molecule has 10 nitrogen and oxygen atoms in total. The Balaban J connectivity index is 2.30. The lowest BCUT2D eigenvalue weighted by Gasteiger charge is -2.35. The molecule has 0 radical (unpaired) electrons. The van der Waals surface area contributed by atoms with Crippen LogP contribution in [0.5, 0.6) is 0 Å². The van der Waals surface area contributed by atoms with Gasteiger partial charge in [-0.15, -0.1) is 0 Å². The summed E-state index contributed by atoms with van der Waals surface area (Å²) in [4.78, 5) is 7.84. The molecule has 1 saturated heterocycles. The van der Waals surface area contributed by atoms with Crippen LogP contribution in [0.3, 0.4) is 0 Å². The highest BCUT2D eigenvalue weighted by Gasteiger charge is 2.32. The molecular formula is C15H32N6O4. The van der Waals surface area contributed by atoms with E-state index in [1.54, 1.807) is 7.11 Å². The molecule has 146 valence electrons. The normalized spacial score (nSPS) is 23.2. The van der Waals surface area contributed by atoms with Gasteiger partial charge in [-0.3, -0.25) is 9.98 Å². The van der Waals surface area contributed by atoms with Crippen molar-refractivity contribution in [1.82, 2.24) is 0 Å². The lowest BCUT2D eigenvalue weighted by atomic mass is 10.1. The van der Waals surface area contributed by atoms with E-state index in [9.17, 15) is 0 Å². The smallest absolute Gasteiger partial charge is 0.185 e. The van der Waals surface area contributed by atoms with Gasteiger partial charge in [0, 0.05) is 39.8 Å². The minimum atomic E-state index is -0.225. The zero-order chi connectivity index (χ0) is 18.5. The second-order valence-corrected chi connectivity index (χ2v) is 5.72. The maximum atomic E-state index is 5.91. The minimum absolute atomic E-state index is 0.0386. The van der Waals surface area contributed by atoms with Gasteiger partial charge >= 0.3 is 0 Å². The van der Waals surface area contributed by atoms with Crippen LogP contribution in [0.4, 0.5) is 0 Å². The summed E-state index contributed by atoms with van der Waals surface area (Å²) >= 11 is 0. The summed E-state index contributed by atoms with van der Waals surface area (Å²) in [7, 11) is 1.63. The fourth-order valence-corrected chi connectivity index (χ4v) is 2.43. The third-order valence-electron chi connectivity index (χ3n) is 3.64. The second kappa shape index (κ2) is 12.7. The predicted octanol–water partition coefficient (Wildman–Crippen LogP) is -1.13. The van der Waals surface area contributed by atoms with Crippen LogP contribution in [-0.2, 0) is 18.9 Å². The molecule has 0 aromatic carbocycles. The van der Waals surface area contributed by atoms with Crippen LogP contribution >= 0.6 is 0 Å². The monoisotopic (exact) mass is 360 g/mol. The van der Waals surface area contributed by atoms with Crippen molar-refractivity contribution in [2.24, 2.45) is 32.9 Å². The van der Waals surface area contributed by atoms with E-state index in [4.69, 9.17) is 41.9 Å². The molecule has 0 aromatic rings. The van der Waals surface area contributed by atoms with Gasteiger partial charge in [0.15, 0.2) is 18.2 Å². The summed E-state index contributed by atoms with van der Waals surface area (Å²) in [5.41, 5.74) is 21.1. The summed E-state index contributed by atoms with van der Waals surface area (Å²) in [6.45, 7) is 2.62. The van der Waals surface area contributed by atoms with Gasteiger partial charge in [0.1, 0.15) is 6.10 Å². The molecule has 10 heteroatoms. The minimum Gasteiger partial charge on any atom is -0.379 e. The van der Waals surface area contributed by atoms with Gasteiger partial charge < -0.3 is 41.9 Å². The molecule has 0 saturated carbocycles. The number of hydrogen-bond acceptors (Lipinski definition) is 6. The summed E-state index contributed by atoms with van der Waals surface area (Å²) < 4.78 is 22.8. The van der Waals surface area contributed by atoms with E-state index >= 15 is 0 Å². The summed E-state index contributed by atoms with van der Waals surface area (Å²) in [5, 5.41) is 0. The maximum Gasteiger partial charge on any atom is 0.185 e. The van der Waals surface area contributed by atoms with E-state index in [0.29, 0.717) is 32.9 Å². The van der Waals surface area contributed by atoms with Crippen molar-refractivity contribution in [2.45, 2.75) is 44.2 Å². The fourth-order valence-electron chi connectivity index (χ4n) is 2.43. The maximum absolute atomic E-state index is 5.91. The third-order valence-corrected chi connectivity index (χ3v) is 3.64. The Bertz CT molecular complexity index is 413. The standard InChI is InChI=1S/C15H32N6O4/c1-22-13-5-4-11(24-9-3-7-21-15(18)19)12(25-13)10-23-8-2-6-20-14(16)17/h11-13H,2-10H2,1H3,(H4,16,17,20)(H4,18,19,21)/t11-,12+,13?/m0/s1. The van der Waals surface area contributed by atoms with Gasteiger partial charge in [-0.1, -0.05) is 0 Å². The van der Waals surface area contributed by atoms with Crippen LogP contribution < -0.4 is 22.9 Å². The molecule has 1 fully saturated rings. The Morgan fingerprint density at radius 1 is 1.00 bits per heavy atom. The van der Waals surface area contributed by atoms with Crippen molar-refractivity contribution < 1.29 is 18.9 Å². The topological polar surface area (TPSA) is 166 Å². The van der Waals surface area contributed by atoms with Gasteiger partial charge in [0.05, 0.1) is 12.7 Å². The van der Waals surface area contributed by atoms with Crippen LogP contribution in [0.25, 0.3) is 0 Å². The molecular weight excluding hydrogens is 328 g/mol. The molecule has 1 heterocycles. The largest absolute Gasteiger partial charge is 0.379 e. The third kappa shape index (κ3) is 10.1. The van der Waals surface area contributed by atoms with Crippen molar-refractivity contribution >= 4 is 11.9 Å². The van der Waals surface area contributed by atoms with Crippen molar-refractivity contribution in [3.05, 3.63) is 0 Å². The highest BCUT2D eigenvalue weighted by molar-refractivity contribution is 5.75. The molecule has 3 atom stereocenters. The number of hydrogen-bond donors (Lipinski definition) is 4. The van der Waals surface area contributed by atoms with E-state index in [1.807, 2.05) is 0 Å². The van der Waals surface area contributed by atoms with E-state index < -0.39 is 0 Å². The Morgan fingerprint density at radius 2 is 1.64 bits per heavy atom. The Kier molecular flexibility index (Phi) is 10.9. The van der Waals surface area contributed by atoms with Gasteiger partial charge in [-0.2, -0.15) is 0 Å². The zero-order valence-corrected chi connectivity index (χ0v) is 14.9. The van der Waals surface area contributed by atoms with Gasteiger partial charge in [-0.25, -0.2) is 0 Å². The molecule has 0 aliphatic carbocycles. The molecule has 0 spiro atoms. The van der Waals surface area contributed by atoms with Gasteiger partial charge in [0.25, 0.3) is 0 Å². The Morgan fingerprint density at radius 3 is 2.24 bits per heavy atom. The fraction of sp³-hybridized carbons (Fsp3) is 0.867. The quantitative estimate of drug-likeness (QED) is 0.193. The summed E-state index contributed by atoms with van der Waals surface area (Å²) in [5.74, 6) is 0.184.